The molecule has 2 aliphatic rings. The first-order valence-electron chi connectivity index (χ1n) is 8.80. The van der Waals surface area contributed by atoms with E-state index in [0.717, 1.165) is 22.6 Å². The van der Waals surface area contributed by atoms with Crippen LogP contribution in [0.25, 0.3) is 0 Å². The van der Waals surface area contributed by atoms with Gasteiger partial charge in [0.2, 0.25) is 0 Å². The molecule has 0 aliphatic carbocycles. The number of methoxy groups -OCH3 is 2. The summed E-state index contributed by atoms with van der Waals surface area (Å²) in [4.78, 5) is 0. The fourth-order valence-corrected chi connectivity index (χ4v) is 3.39. The minimum absolute atomic E-state index is 0.134. The Balaban J connectivity index is 1.38. The molecular weight excluding hydrogens is 332 g/mol. The third-order valence-corrected chi connectivity index (χ3v) is 4.94. The Morgan fingerprint density at radius 3 is 1.42 bits per heavy atom. The first-order valence-corrected chi connectivity index (χ1v) is 8.80. The normalized spacial score (nSPS) is 28.2. The number of hydrogen-bond donors (Lipinski definition) is 2. The predicted molar refractivity (Wildman–Crippen MR) is 97.2 cm³/mol. The zero-order valence-corrected chi connectivity index (χ0v) is 15.0. The van der Waals surface area contributed by atoms with Crippen molar-refractivity contribution in [2.45, 2.75) is 24.5 Å². The third kappa shape index (κ3) is 3.54. The fourth-order valence-electron chi connectivity index (χ4n) is 3.39. The van der Waals surface area contributed by atoms with Crippen LogP contribution in [0.15, 0.2) is 48.5 Å². The summed E-state index contributed by atoms with van der Waals surface area (Å²) < 4.78 is 22.5. The Bertz CT molecular complexity index is 656. The second-order valence-corrected chi connectivity index (χ2v) is 6.52. The van der Waals surface area contributed by atoms with E-state index < -0.39 is 0 Å². The van der Waals surface area contributed by atoms with Gasteiger partial charge in [-0.05, 0) is 35.4 Å². The summed E-state index contributed by atoms with van der Waals surface area (Å²) in [7, 11) is 3.33. The van der Waals surface area contributed by atoms with E-state index in [4.69, 9.17) is 18.9 Å². The van der Waals surface area contributed by atoms with E-state index >= 15 is 0 Å². The van der Waals surface area contributed by atoms with Gasteiger partial charge in [0.25, 0.3) is 0 Å². The molecule has 0 saturated carbocycles. The van der Waals surface area contributed by atoms with Gasteiger partial charge < -0.3 is 18.9 Å². The molecule has 4 rings (SSSR count). The molecule has 4 atom stereocenters. The van der Waals surface area contributed by atoms with Crippen LogP contribution in [-0.2, 0) is 9.47 Å². The van der Waals surface area contributed by atoms with Crippen molar-refractivity contribution in [3.05, 3.63) is 59.7 Å². The number of rotatable bonds is 4. The average Bonchev–Trinajstić information content (AvgIpc) is 2.73. The van der Waals surface area contributed by atoms with Crippen molar-refractivity contribution in [3.63, 3.8) is 0 Å². The lowest BCUT2D eigenvalue weighted by molar-refractivity contribution is -0.115. The molecule has 6 nitrogen and oxygen atoms in total. The summed E-state index contributed by atoms with van der Waals surface area (Å²) >= 11 is 0. The molecule has 0 radical (unpaired) electrons. The molecule has 6 heteroatoms. The fraction of sp³-hybridized carbons (Fsp3) is 0.400. The topological polar surface area (TPSA) is 61.0 Å². The number of hydrogen-bond acceptors (Lipinski definition) is 6. The van der Waals surface area contributed by atoms with E-state index in [1.165, 1.54) is 0 Å². The van der Waals surface area contributed by atoms with Crippen molar-refractivity contribution in [3.8, 4) is 11.5 Å². The highest BCUT2D eigenvalue weighted by atomic mass is 16.5. The van der Waals surface area contributed by atoms with Gasteiger partial charge in [-0.3, -0.25) is 10.6 Å². The monoisotopic (exact) mass is 356 g/mol. The van der Waals surface area contributed by atoms with Crippen LogP contribution >= 0.6 is 0 Å². The zero-order chi connectivity index (χ0) is 17.9. The van der Waals surface area contributed by atoms with Crippen LogP contribution in [0.4, 0.5) is 0 Å². The number of ether oxygens (including phenoxy) is 4. The summed E-state index contributed by atoms with van der Waals surface area (Å²) in [6.45, 7) is 1.26. The quantitative estimate of drug-likeness (QED) is 0.877. The second-order valence-electron chi connectivity index (χ2n) is 6.52. The summed E-state index contributed by atoms with van der Waals surface area (Å²) in [5, 5.41) is 7.06. The minimum atomic E-state index is -0.134. The van der Waals surface area contributed by atoms with E-state index in [0.29, 0.717) is 13.2 Å². The molecule has 2 aromatic rings. The van der Waals surface area contributed by atoms with Crippen molar-refractivity contribution in [1.82, 2.24) is 10.6 Å². The van der Waals surface area contributed by atoms with Crippen LogP contribution in [0, 0.1) is 0 Å². The molecule has 2 fully saturated rings. The maximum absolute atomic E-state index is 6.04. The summed E-state index contributed by atoms with van der Waals surface area (Å²) in [5.41, 5.74) is 2.17. The predicted octanol–water partition coefficient (Wildman–Crippen LogP) is 2.38. The van der Waals surface area contributed by atoms with Crippen molar-refractivity contribution in [2.24, 2.45) is 0 Å². The molecule has 2 N–H and O–H groups in total. The SMILES string of the molecule is COc1ccc([C@@H]2N[C@@H]3CO[C@@H](c4ccc(OC)cc4)N[C@H]3CO2)cc1. The van der Waals surface area contributed by atoms with Crippen LogP contribution in [0.1, 0.15) is 23.6 Å². The zero-order valence-electron chi connectivity index (χ0n) is 15.0. The molecule has 0 bridgehead atoms. The van der Waals surface area contributed by atoms with Crippen molar-refractivity contribution < 1.29 is 18.9 Å². The van der Waals surface area contributed by atoms with Gasteiger partial charge in [-0.15, -0.1) is 0 Å². The van der Waals surface area contributed by atoms with Crippen molar-refractivity contribution >= 4 is 0 Å². The molecule has 2 aliphatic heterocycles. The Hall–Kier alpha value is -2.12. The van der Waals surface area contributed by atoms with Gasteiger partial charge >= 0.3 is 0 Å². The highest BCUT2D eigenvalue weighted by molar-refractivity contribution is 5.30. The first-order chi connectivity index (χ1) is 12.8. The summed E-state index contributed by atoms with van der Waals surface area (Å²) in [6, 6.07) is 16.3. The smallest absolute Gasteiger partial charge is 0.134 e. The van der Waals surface area contributed by atoms with Gasteiger partial charge in [-0.2, -0.15) is 0 Å². The Labute approximate surface area is 153 Å². The lowest BCUT2D eigenvalue weighted by atomic mass is 10.0. The summed E-state index contributed by atoms with van der Waals surface area (Å²) in [6.07, 6.45) is -0.268. The maximum Gasteiger partial charge on any atom is 0.134 e. The van der Waals surface area contributed by atoms with Crippen molar-refractivity contribution in [1.29, 1.82) is 0 Å². The molecule has 0 unspecified atom stereocenters. The average molecular weight is 356 g/mol. The lowest BCUT2D eigenvalue weighted by Gasteiger charge is -2.43. The van der Waals surface area contributed by atoms with Crippen LogP contribution in [0.3, 0.4) is 0 Å². The van der Waals surface area contributed by atoms with Gasteiger partial charge in [0.15, 0.2) is 0 Å². The minimum Gasteiger partial charge on any atom is -0.497 e. The molecular formula is C20H24N2O4. The Morgan fingerprint density at radius 1 is 0.692 bits per heavy atom. The standard InChI is InChI=1S/C20H24N2O4/c1-23-15-7-3-13(4-8-15)19-21-17-12-26-20(22-18(17)11-25-19)14-5-9-16(24-2)10-6-14/h3-10,17-22H,11-12H2,1-2H3/t17-,18+,19-,20+. The molecule has 0 aromatic heterocycles. The van der Waals surface area contributed by atoms with Crippen LogP contribution in [0.5, 0.6) is 11.5 Å². The molecule has 0 amide bonds. The van der Waals surface area contributed by atoms with Crippen LogP contribution in [-0.4, -0.2) is 39.5 Å². The summed E-state index contributed by atoms with van der Waals surface area (Å²) in [5.74, 6) is 1.68. The third-order valence-electron chi connectivity index (χ3n) is 4.94. The molecule has 2 heterocycles. The Morgan fingerprint density at radius 2 is 1.08 bits per heavy atom. The first kappa shape index (κ1) is 17.3. The second kappa shape index (κ2) is 7.63. The van der Waals surface area contributed by atoms with Gasteiger partial charge in [-0.25, -0.2) is 0 Å². The van der Waals surface area contributed by atoms with E-state index in [1.54, 1.807) is 14.2 Å². The molecule has 2 aromatic carbocycles. The van der Waals surface area contributed by atoms with Crippen molar-refractivity contribution in [2.75, 3.05) is 27.4 Å². The highest BCUT2D eigenvalue weighted by Gasteiger charge is 2.37. The molecule has 2 saturated heterocycles. The van der Waals surface area contributed by atoms with E-state index in [-0.39, 0.29) is 24.5 Å². The maximum atomic E-state index is 6.04. The van der Waals surface area contributed by atoms with Gasteiger partial charge in [-0.1, -0.05) is 24.3 Å². The van der Waals surface area contributed by atoms with Crippen LogP contribution < -0.4 is 20.1 Å². The number of benzene rings is 2. The molecule has 0 spiro atoms. The largest absolute Gasteiger partial charge is 0.497 e. The molecule has 138 valence electrons. The lowest BCUT2D eigenvalue weighted by Crippen LogP contribution is -2.62. The van der Waals surface area contributed by atoms with Gasteiger partial charge in [0.05, 0.1) is 39.5 Å². The van der Waals surface area contributed by atoms with E-state index in [9.17, 15) is 0 Å². The van der Waals surface area contributed by atoms with Crippen LogP contribution in [0.2, 0.25) is 0 Å². The van der Waals surface area contributed by atoms with E-state index in [2.05, 4.69) is 10.6 Å². The van der Waals surface area contributed by atoms with Gasteiger partial charge in [0, 0.05) is 0 Å². The Kier molecular flexibility index (Phi) is 5.08. The van der Waals surface area contributed by atoms with Gasteiger partial charge in [0.1, 0.15) is 24.0 Å². The number of fused-ring (bicyclic) bond motifs is 1. The number of nitrogens with one attached hydrogen (secondary N) is 2. The van der Waals surface area contributed by atoms with E-state index in [1.807, 2.05) is 48.5 Å². The highest BCUT2D eigenvalue weighted by Crippen LogP contribution is 2.28. The molecule has 26 heavy (non-hydrogen) atoms.